The highest BCUT2D eigenvalue weighted by Gasteiger charge is 2.46. The van der Waals surface area contributed by atoms with Crippen molar-refractivity contribution in [3.8, 4) is 17.3 Å². The summed E-state index contributed by atoms with van der Waals surface area (Å²) in [5.74, 6) is 3.32. The minimum atomic E-state index is -0.434. The number of halogens is 1. The standard InChI is InChI=1S/C33H34FN7O2/c1-18-21-6-8-26(18)41(17-21)33(42)22-12-25-30(28(14-22)43-3)39(2)32(37-25)27-13-20-7-9-29(36-24-10-11-35-15-23(24)34)38-31(20)40(27)16-19-4-5-19/h7,9-15,18-19,21,26H,4-6,8,16-17H2,1-3H3,(H,35,36,38)/t18-,21?,26?/m1/s1. The van der Waals surface area contributed by atoms with Gasteiger partial charge in [-0.2, -0.15) is 0 Å². The van der Waals surface area contributed by atoms with Gasteiger partial charge in [0.05, 0.1) is 30.2 Å². The number of amides is 1. The quantitative estimate of drug-likeness (QED) is 0.249. The largest absolute Gasteiger partial charge is 0.494 e. The third-order valence-electron chi connectivity index (χ3n) is 9.82. The maximum absolute atomic E-state index is 14.3. The van der Waals surface area contributed by atoms with E-state index in [1.165, 1.54) is 25.5 Å². The van der Waals surface area contributed by atoms with Crippen LogP contribution in [0.15, 0.2) is 48.8 Å². The van der Waals surface area contributed by atoms with Gasteiger partial charge < -0.3 is 24.1 Å². The summed E-state index contributed by atoms with van der Waals surface area (Å²) in [7, 11) is 3.63. The summed E-state index contributed by atoms with van der Waals surface area (Å²) in [6.07, 6.45) is 7.38. The Hall–Kier alpha value is -4.47. The van der Waals surface area contributed by atoms with Gasteiger partial charge in [-0.1, -0.05) is 6.92 Å². The molecule has 1 amide bonds. The first-order valence-electron chi connectivity index (χ1n) is 15.1. The number of nitrogens with zero attached hydrogens (tertiary/aromatic N) is 6. The van der Waals surface area contributed by atoms with E-state index in [2.05, 4.69) is 32.8 Å². The number of likely N-dealkylation sites (tertiary alicyclic amines) is 1. The zero-order chi connectivity index (χ0) is 29.4. The van der Waals surface area contributed by atoms with Crippen molar-refractivity contribution in [3.05, 3.63) is 60.2 Å². The number of nitrogens with one attached hydrogen (secondary N) is 1. The van der Waals surface area contributed by atoms with Crippen LogP contribution in [-0.4, -0.2) is 54.6 Å². The van der Waals surface area contributed by atoms with E-state index in [1.54, 1.807) is 19.4 Å². The number of piperidine rings is 1. The number of carbonyl (C=O) groups excluding carboxylic acids is 1. The van der Waals surface area contributed by atoms with Crippen LogP contribution in [0.1, 0.15) is 43.0 Å². The highest BCUT2D eigenvalue weighted by atomic mass is 19.1. The molecule has 2 unspecified atom stereocenters. The molecule has 1 aromatic carbocycles. The molecule has 1 saturated heterocycles. The molecule has 43 heavy (non-hydrogen) atoms. The molecule has 0 radical (unpaired) electrons. The van der Waals surface area contributed by atoms with Crippen LogP contribution in [0.25, 0.3) is 33.6 Å². The number of hydrogen-bond acceptors (Lipinski definition) is 6. The summed E-state index contributed by atoms with van der Waals surface area (Å²) in [6.45, 7) is 3.92. The van der Waals surface area contributed by atoms with Gasteiger partial charge in [0.1, 0.15) is 22.7 Å². The summed E-state index contributed by atoms with van der Waals surface area (Å²) in [5, 5.41) is 4.07. The van der Waals surface area contributed by atoms with Crippen LogP contribution >= 0.6 is 0 Å². The molecule has 1 N–H and O–H groups in total. The van der Waals surface area contributed by atoms with Crippen molar-refractivity contribution in [2.24, 2.45) is 24.8 Å². The number of carbonyl (C=O) groups is 1. The summed E-state index contributed by atoms with van der Waals surface area (Å²) in [5.41, 5.74) is 4.27. The number of benzene rings is 1. The number of ether oxygens (including phenoxy) is 1. The van der Waals surface area contributed by atoms with Crippen LogP contribution in [0.3, 0.4) is 0 Å². The number of aromatic nitrogens is 5. The third-order valence-corrected chi connectivity index (χ3v) is 9.82. The van der Waals surface area contributed by atoms with Crippen molar-refractivity contribution < 1.29 is 13.9 Å². The zero-order valence-electron chi connectivity index (χ0n) is 24.5. The number of anilines is 2. The maximum atomic E-state index is 14.3. The number of methoxy groups -OCH3 is 1. The Morgan fingerprint density at radius 3 is 2.70 bits per heavy atom. The lowest BCUT2D eigenvalue weighted by Crippen LogP contribution is -2.38. The van der Waals surface area contributed by atoms with Gasteiger partial charge in [-0.25, -0.2) is 14.4 Å². The Morgan fingerprint density at radius 1 is 1.12 bits per heavy atom. The topological polar surface area (TPSA) is 90.1 Å². The normalized spacial score (nSPS) is 21.3. The van der Waals surface area contributed by atoms with Crippen LogP contribution in [0.4, 0.5) is 15.9 Å². The lowest BCUT2D eigenvalue weighted by atomic mass is 10.0. The molecule has 10 heteroatoms. The Kier molecular flexibility index (Phi) is 5.96. The summed E-state index contributed by atoms with van der Waals surface area (Å²) < 4.78 is 24.4. The molecule has 5 heterocycles. The van der Waals surface area contributed by atoms with Crippen molar-refractivity contribution in [2.75, 3.05) is 19.0 Å². The van der Waals surface area contributed by atoms with Gasteiger partial charge in [-0.15, -0.1) is 0 Å². The minimum absolute atomic E-state index is 0.0594. The molecule has 3 fully saturated rings. The first kappa shape index (κ1) is 26.2. The SMILES string of the molecule is COc1cc(C(=O)N2CC3CCC2[C@@H]3C)cc2nc(-c3cc4ccc(Nc5ccncc5F)nc4n3CC3CC3)n(C)c12. The van der Waals surface area contributed by atoms with Gasteiger partial charge in [0, 0.05) is 43.3 Å². The van der Waals surface area contributed by atoms with Crippen LogP contribution in [0.2, 0.25) is 0 Å². The first-order valence-corrected chi connectivity index (χ1v) is 15.1. The number of imidazole rings is 1. The van der Waals surface area contributed by atoms with Gasteiger partial charge in [-0.05, 0) is 79.8 Å². The molecule has 4 aromatic heterocycles. The third kappa shape index (κ3) is 4.25. The molecule has 3 aliphatic rings. The molecule has 2 saturated carbocycles. The molecule has 2 aliphatic carbocycles. The molecule has 1 aliphatic heterocycles. The Labute approximate surface area is 248 Å². The van der Waals surface area contributed by atoms with Gasteiger partial charge in [0.2, 0.25) is 0 Å². The Balaban J connectivity index is 1.21. The highest BCUT2D eigenvalue weighted by molar-refractivity contribution is 6.00. The Morgan fingerprint density at radius 2 is 1.98 bits per heavy atom. The maximum Gasteiger partial charge on any atom is 0.254 e. The van der Waals surface area contributed by atoms with Gasteiger partial charge in [-0.3, -0.25) is 9.78 Å². The van der Waals surface area contributed by atoms with Crippen LogP contribution in [0, 0.1) is 23.6 Å². The molecule has 8 rings (SSSR count). The van der Waals surface area contributed by atoms with Gasteiger partial charge >= 0.3 is 0 Å². The van der Waals surface area contributed by atoms with Gasteiger partial charge in [0.15, 0.2) is 11.6 Å². The number of aryl methyl sites for hydroxylation is 1. The molecule has 5 aromatic rings. The van der Waals surface area contributed by atoms with Gasteiger partial charge in [0.25, 0.3) is 5.91 Å². The molecular formula is C33H34FN7O2. The molecule has 3 atom stereocenters. The van der Waals surface area contributed by atoms with Crippen molar-refractivity contribution in [1.29, 1.82) is 0 Å². The van der Waals surface area contributed by atoms with E-state index in [1.807, 2.05) is 35.9 Å². The fourth-order valence-electron chi connectivity index (χ4n) is 7.27. The number of hydrogen-bond donors (Lipinski definition) is 1. The van der Waals surface area contributed by atoms with Crippen molar-refractivity contribution in [3.63, 3.8) is 0 Å². The summed E-state index contributed by atoms with van der Waals surface area (Å²) >= 11 is 0. The fraction of sp³-hybridized carbons (Fsp3) is 0.394. The highest BCUT2D eigenvalue weighted by Crippen LogP contribution is 2.44. The average Bonchev–Trinajstić information content (AvgIpc) is 3.42. The summed E-state index contributed by atoms with van der Waals surface area (Å²) in [4.78, 5) is 29.6. The number of fused-ring (bicyclic) bond motifs is 4. The first-order chi connectivity index (χ1) is 20.9. The van der Waals surface area contributed by atoms with E-state index >= 15 is 0 Å². The Bertz CT molecular complexity index is 1910. The molecule has 220 valence electrons. The van der Waals surface area contributed by atoms with E-state index in [4.69, 9.17) is 14.7 Å². The smallest absolute Gasteiger partial charge is 0.254 e. The van der Waals surface area contributed by atoms with E-state index in [0.717, 1.165) is 53.1 Å². The van der Waals surface area contributed by atoms with E-state index < -0.39 is 5.82 Å². The van der Waals surface area contributed by atoms with E-state index in [0.29, 0.717) is 46.6 Å². The molecule has 2 bridgehead atoms. The summed E-state index contributed by atoms with van der Waals surface area (Å²) in [6, 6.07) is 11.7. The fourth-order valence-corrected chi connectivity index (χ4v) is 7.27. The predicted molar refractivity (Wildman–Crippen MR) is 163 cm³/mol. The number of rotatable bonds is 7. The average molecular weight is 580 g/mol. The molecule has 9 nitrogen and oxygen atoms in total. The van der Waals surface area contributed by atoms with Crippen molar-refractivity contribution in [2.45, 2.75) is 45.2 Å². The second kappa shape index (κ2) is 9.79. The molecular weight excluding hydrogens is 545 g/mol. The lowest BCUT2D eigenvalue weighted by molar-refractivity contribution is 0.0696. The molecule has 0 spiro atoms. The van der Waals surface area contributed by atoms with E-state index in [9.17, 15) is 9.18 Å². The van der Waals surface area contributed by atoms with Crippen LogP contribution < -0.4 is 10.1 Å². The second-order valence-corrected chi connectivity index (χ2v) is 12.4. The lowest BCUT2D eigenvalue weighted by Gasteiger charge is -2.27. The minimum Gasteiger partial charge on any atom is -0.494 e. The predicted octanol–water partition coefficient (Wildman–Crippen LogP) is 6.16. The van der Waals surface area contributed by atoms with Crippen LogP contribution in [0.5, 0.6) is 5.75 Å². The monoisotopic (exact) mass is 579 g/mol. The van der Waals surface area contributed by atoms with Crippen molar-refractivity contribution in [1.82, 2.24) is 29.0 Å². The second-order valence-electron chi connectivity index (χ2n) is 12.4. The van der Waals surface area contributed by atoms with Crippen molar-refractivity contribution >= 4 is 39.5 Å². The van der Waals surface area contributed by atoms with E-state index in [-0.39, 0.29) is 5.91 Å². The number of pyridine rings is 2. The zero-order valence-corrected chi connectivity index (χ0v) is 24.5. The van der Waals surface area contributed by atoms with Crippen LogP contribution in [-0.2, 0) is 13.6 Å².